The summed E-state index contributed by atoms with van der Waals surface area (Å²) >= 11 is 1.18. The van der Waals surface area contributed by atoms with Gasteiger partial charge in [-0.2, -0.15) is 5.10 Å². The number of nitrogens with zero attached hydrogens (tertiary/aromatic N) is 4. The third-order valence-corrected chi connectivity index (χ3v) is 6.47. The maximum Gasteiger partial charge on any atom is 0.280 e. The zero-order valence-electron chi connectivity index (χ0n) is 19.7. The van der Waals surface area contributed by atoms with Crippen LogP contribution in [0.3, 0.4) is 0 Å². The lowest BCUT2D eigenvalue weighted by Gasteiger charge is -2.13. The molecule has 2 aromatic carbocycles. The SMILES string of the molecule is CCn1nc(C)c2nc(SCC(=O)NCc3cccc(OC)c3)n(Cc3ccc(F)cc3)c(=O)c21. The van der Waals surface area contributed by atoms with E-state index in [1.807, 2.05) is 31.2 Å². The van der Waals surface area contributed by atoms with Crippen molar-refractivity contribution in [2.45, 2.75) is 38.6 Å². The molecule has 0 saturated carbocycles. The van der Waals surface area contributed by atoms with Crippen molar-refractivity contribution in [1.29, 1.82) is 0 Å². The zero-order chi connectivity index (χ0) is 24.9. The third kappa shape index (κ3) is 5.54. The van der Waals surface area contributed by atoms with E-state index in [1.54, 1.807) is 30.8 Å². The number of aryl methyl sites for hydroxylation is 2. The predicted molar refractivity (Wildman–Crippen MR) is 133 cm³/mol. The minimum atomic E-state index is -0.350. The van der Waals surface area contributed by atoms with Gasteiger partial charge in [0.2, 0.25) is 5.91 Å². The molecule has 0 spiro atoms. The molecular weight excluding hydrogens is 469 g/mol. The van der Waals surface area contributed by atoms with Crippen LogP contribution in [0.25, 0.3) is 11.0 Å². The number of nitrogens with one attached hydrogen (secondary N) is 1. The third-order valence-electron chi connectivity index (χ3n) is 5.49. The Labute approximate surface area is 206 Å². The van der Waals surface area contributed by atoms with E-state index in [0.29, 0.717) is 35.0 Å². The standard InChI is InChI=1S/C25H26FN5O3S/c1-4-31-23-22(16(2)29-31)28-25(30(24(23)33)14-17-8-10-19(26)11-9-17)35-15-21(32)27-13-18-6-5-7-20(12-18)34-3/h5-12H,4,13-15H2,1-3H3,(H,27,32). The molecule has 0 atom stereocenters. The molecule has 0 bridgehead atoms. The number of carbonyl (C=O) groups is 1. The molecule has 0 fully saturated rings. The molecule has 1 N–H and O–H groups in total. The summed E-state index contributed by atoms with van der Waals surface area (Å²) < 4.78 is 21.8. The molecule has 2 aromatic heterocycles. The van der Waals surface area contributed by atoms with Crippen LogP contribution in [0.15, 0.2) is 58.5 Å². The summed E-state index contributed by atoms with van der Waals surface area (Å²) in [6, 6.07) is 13.4. The maximum absolute atomic E-state index is 13.5. The molecule has 0 saturated heterocycles. The molecule has 1 amide bonds. The Bertz CT molecular complexity index is 1420. The van der Waals surface area contributed by atoms with Crippen LogP contribution in [0, 0.1) is 12.7 Å². The fraction of sp³-hybridized carbons (Fsp3) is 0.280. The number of benzene rings is 2. The first-order valence-corrected chi connectivity index (χ1v) is 12.1. The van der Waals surface area contributed by atoms with E-state index >= 15 is 0 Å². The number of methoxy groups -OCH3 is 1. The van der Waals surface area contributed by atoms with Gasteiger partial charge in [-0.1, -0.05) is 36.0 Å². The fourth-order valence-corrected chi connectivity index (χ4v) is 4.52. The van der Waals surface area contributed by atoms with E-state index in [4.69, 9.17) is 9.72 Å². The molecular formula is C25H26FN5O3S. The molecule has 0 aliphatic heterocycles. The van der Waals surface area contributed by atoms with Gasteiger partial charge >= 0.3 is 0 Å². The number of amides is 1. The summed E-state index contributed by atoms with van der Waals surface area (Å²) in [6.07, 6.45) is 0. The van der Waals surface area contributed by atoms with Crippen LogP contribution >= 0.6 is 11.8 Å². The Kier molecular flexibility index (Phi) is 7.50. The number of fused-ring (bicyclic) bond motifs is 1. The van der Waals surface area contributed by atoms with E-state index in [1.165, 1.54) is 28.5 Å². The highest BCUT2D eigenvalue weighted by atomic mass is 32.2. The highest BCUT2D eigenvalue weighted by Crippen LogP contribution is 2.21. The first-order chi connectivity index (χ1) is 16.9. The summed E-state index contributed by atoms with van der Waals surface area (Å²) in [5, 5.41) is 7.72. The van der Waals surface area contributed by atoms with Gasteiger partial charge < -0.3 is 10.1 Å². The second-order valence-corrected chi connectivity index (χ2v) is 8.87. The van der Waals surface area contributed by atoms with Gasteiger partial charge in [0.15, 0.2) is 10.7 Å². The smallest absolute Gasteiger partial charge is 0.280 e. The largest absolute Gasteiger partial charge is 0.497 e. The van der Waals surface area contributed by atoms with E-state index in [0.717, 1.165) is 16.9 Å². The lowest BCUT2D eigenvalue weighted by atomic mass is 10.2. The summed E-state index contributed by atoms with van der Waals surface area (Å²) in [7, 11) is 1.59. The molecule has 0 aliphatic carbocycles. The van der Waals surface area contributed by atoms with Gasteiger partial charge in [-0.05, 0) is 49.2 Å². The van der Waals surface area contributed by atoms with Gasteiger partial charge in [0.25, 0.3) is 5.56 Å². The van der Waals surface area contributed by atoms with Crippen LogP contribution in [-0.4, -0.2) is 38.1 Å². The number of halogens is 1. The van der Waals surface area contributed by atoms with Crippen LogP contribution in [0.2, 0.25) is 0 Å². The van der Waals surface area contributed by atoms with Crippen LogP contribution in [-0.2, 0) is 24.4 Å². The van der Waals surface area contributed by atoms with Crippen molar-refractivity contribution in [1.82, 2.24) is 24.6 Å². The van der Waals surface area contributed by atoms with E-state index < -0.39 is 0 Å². The maximum atomic E-state index is 13.5. The lowest BCUT2D eigenvalue weighted by molar-refractivity contribution is -0.118. The number of hydrogen-bond acceptors (Lipinski definition) is 6. The number of carbonyl (C=O) groups excluding carboxylic acids is 1. The average Bonchev–Trinajstić information content (AvgIpc) is 3.20. The number of ether oxygens (including phenoxy) is 1. The van der Waals surface area contributed by atoms with Crippen LogP contribution in [0.5, 0.6) is 5.75 Å². The van der Waals surface area contributed by atoms with Gasteiger partial charge in [-0.15, -0.1) is 0 Å². The number of rotatable bonds is 9. The molecule has 0 aliphatic rings. The highest BCUT2D eigenvalue weighted by molar-refractivity contribution is 7.99. The van der Waals surface area contributed by atoms with E-state index in [2.05, 4.69) is 10.4 Å². The summed E-state index contributed by atoms with van der Waals surface area (Å²) in [6.45, 7) is 4.79. The van der Waals surface area contributed by atoms with E-state index in [9.17, 15) is 14.0 Å². The molecule has 0 unspecified atom stereocenters. The minimum absolute atomic E-state index is 0.0757. The molecule has 4 rings (SSSR count). The van der Waals surface area contributed by atoms with Crippen molar-refractivity contribution in [2.24, 2.45) is 0 Å². The van der Waals surface area contributed by atoms with Crippen LogP contribution in [0.4, 0.5) is 4.39 Å². The van der Waals surface area contributed by atoms with E-state index in [-0.39, 0.29) is 29.6 Å². The summed E-state index contributed by atoms with van der Waals surface area (Å²) in [4.78, 5) is 30.8. The second kappa shape index (κ2) is 10.7. The number of thioether (sulfide) groups is 1. The monoisotopic (exact) mass is 495 g/mol. The van der Waals surface area contributed by atoms with Gasteiger partial charge in [0.1, 0.15) is 17.1 Å². The Morgan fingerprint density at radius 1 is 1.17 bits per heavy atom. The van der Waals surface area contributed by atoms with Gasteiger partial charge in [0, 0.05) is 13.1 Å². The Morgan fingerprint density at radius 3 is 2.66 bits per heavy atom. The molecule has 0 radical (unpaired) electrons. The zero-order valence-corrected chi connectivity index (χ0v) is 20.6. The molecule has 10 heteroatoms. The second-order valence-electron chi connectivity index (χ2n) is 7.93. The lowest BCUT2D eigenvalue weighted by Crippen LogP contribution is -2.28. The van der Waals surface area contributed by atoms with Crippen LogP contribution in [0.1, 0.15) is 23.7 Å². The Balaban J connectivity index is 1.58. The molecule has 8 nitrogen and oxygen atoms in total. The van der Waals surface area contributed by atoms with Crippen molar-refractivity contribution in [3.63, 3.8) is 0 Å². The molecule has 4 aromatic rings. The van der Waals surface area contributed by atoms with Crippen LogP contribution < -0.4 is 15.6 Å². The first-order valence-electron chi connectivity index (χ1n) is 11.1. The van der Waals surface area contributed by atoms with Gasteiger partial charge in [-0.25, -0.2) is 9.37 Å². The summed E-state index contributed by atoms with van der Waals surface area (Å²) in [5.41, 5.74) is 3.00. The van der Waals surface area contributed by atoms with Crippen molar-refractivity contribution >= 4 is 28.7 Å². The quantitative estimate of drug-likeness (QED) is 0.282. The molecule has 182 valence electrons. The van der Waals surface area contributed by atoms with Crippen molar-refractivity contribution in [3.05, 3.63) is 81.5 Å². The Morgan fingerprint density at radius 2 is 1.94 bits per heavy atom. The number of hydrogen-bond donors (Lipinski definition) is 1. The van der Waals surface area contributed by atoms with Gasteiger partial charge in [0.05, 0.1) is 25.1 Å². The van der Waals surface area contributed by atoms with Crippen molar-refractivity contribution in [3.8, 4) is 5.75 Å². The Hall–Kier alpha value is -3.66. The summed E-state index contributed by atoms with van der Waals surface area (Å²) in [5.74, 6) is 0.251. The molecule has 2 heterocycles. The average molecular weight is 496 g/mol. The van der Waals surface area contributed by atoms with Gasteiger partial charge in [-0.3, -0.25) is 18.8 Å². The highest BCUT2D eigenvalue weighted by Gasteiger charge is 2.19. The van der Waals surface area contributed by atoms with Crippen molar-refractivity contribution < 1.29 is 13.9 Å². The normalized spacial score (nSPS) is 11.1. The van der Waals surface area contributed by atoms with Crippen molar-refractivity contribution in [2.75, 3.05) is 12.9 Å². The topological polar surface area (TPSA) is 91.0 Å². The predicted octanol–water partition coefficient (Wildman–Crippen LogP) is 3.53. The molecule has 35 heavy (non-hydrogen) atoms. The number of aromatic nitrogens is 4. The fourth-order valence-electron chi connectivity index (χ4n) is 3.70. The minimum Gasteiger partial charge on any atom is -0.497 e. The first kappa shape index (κ1) is 24.5.